The van der Waals surface area contributed by atoms with Gasteiger partial charge in [0.2, 0.25) is 0 Å². The molecule has 2 N–H and O–H groups in total. The number of carbonyl (C=O) groups excluding carboxylic acids is 3. The standard InChI is InChI=1S/C27H35ClN2O4/c1-17(31)20-11-18(12-22(13-20)30-26(33)19-7-10-34-16-19)3-4-25(32)23-14-29-15-24(23)27(2)8-5-21(28)6-9-27/h5-8,10,16,18,20,22-24,29H,3-4,9,11-15H2,1-2H3,(H,30,33)/t18?,20-,22+,23+,24+,27?/m0/s1. The van der Waals surface area contributed by atoms with Crippen LogP contribution < -0.4 is 10.6 Å². The molecule has 2 fully saturated rings. The van der Waals surface area contributed by atoms with Crippen molar-refractivity contribution in [1.29, 1.82) is 0 Å². The maximum Gasteiger partial charge on any atom is 0.254 e. The molecule has 0 spiro atoms. The minimum absolute atomic E-state index is 0.0105. The maximum atomic E-state index is 13.3. The minimum Gasteiger partial charge on any atom is -0.472 e. The number of hydrogen-bond acceptors (Lipinski definition) is 5. The van der Waals surface area contributed by atoms with Crippen LogP contribution in [0.3, 0.4) is 0 Å². The molecule has 6 atom stereocenters. The highest BCUT2D eigenvalue weighted by atomic mass is 35.5. The molecule has 1 aliphatic heterocycles. The Hall–Kier alpha value is -2.18. The predicted molar refractivity (Wildman–Crippen MR) is 131 cm³/mol. The molecule has 1 aromatic rings. The van der Waals surface area contributed by atoms with Gasteiger partial charge < -0.3 is 15.1 Å². The van der Waals surface area contributed by atoms with Crippen molar-refractivity contribution in [1.82, 2.24) is 10.6 Å². The Labute approximate surface area is 206 Å². The highest BCUT2D eigenvalue weighted by molar-refractivity contribution is 6.31. The zero-order valence-corrected chi connectivity index (χ0v) is 20.8. The first-order valence-corrected chi connectivity index (χ1v) is 12.7. The lowest BCUT2D eigenvalue weighted by Crippen LogP contribution is -2.42. The second-order valence-electron chi connectivity index (χ2n) is 10.6. The maximum absolute atomic E-state index is 13.3. The largest absolute Gasteiger partial charge is 0.472 e. The van der Waals surface area contributed by atoms with Crippen LogP contribution in [0.4, 0.5) is 0 Å². The van der Waals surface area contributed by atoms with E-state index < -0.39 is 0 Å². The molecule has 0 aromatic carbocycles. The van der Waals surface area contributed by atoms with Crippen molar-refractivity contribution in [3.63, 3.8) is 0 Å². The number of furan rings is 1. The SMILES string of the molecule is CC(=O)[C@H]1CC(CCC(=O)[C@@H]2CNC[C@H]2C2(C)C=CC(Cl)=CC2)C[C@@H](NC(=O)c2ccoc2)C1. The van der Waals surface area contributed by atoms with E-state index in [1.165, 1.54) is 12.5 Å². The van der Waals surface area contributed by atoms with Gasteiger partial charge in [-0.1, -0.05) is 30.7 Å². The number of halogens is 1. The van der Waals surface area contributed by atoms with Crippen molar-refractivity contribution in [3.8, 4) is 0 Å². The molecule has 1 aromatic heterocycles. The van der Waals surface area contributed by atoms with Gasteiger partial charge in [0.05, 0.1) is 11.8 Å². The smallest absolute Gasteiger partial charge is 0.254 e. The molecule has 184 valence electrons. The van der Waals surface area contributed by atoms with Crippen LogP contribution in [0.15, 0.2) is 46.3 Å². The molecule has 2 unspecified atom stereocenters. The fourth-order valence-electron chi connectivity index (χ4n) is 6.02. The Morgan fingerprint density at radius 1 is 1.24 bits per heavy atom. The summed E-state index contributed by atoms with van der Waals surface area (Å²) in [6.45, 7) is 5.39. The Bertz CT molecular complexity index is 969. The van der Waals surface area contributed by atoms with E-state index in [2.05, 4.69) is 23.6 Å². The Kier molecular flexibility index (Phi) is 7.78. The number of amides is 1. The average molecular weight is 487 g/mol. The van der Waals surface area contributed by atoms with Crippen LogP contribution >= 0.6 is 11.6 Å². The summed E-state index contributed by atoms with van der Waals surface area (Å²) in [5, 5.41) is 7.26. The third-order valence-corrected chi connectivity index (χ3v) is 8.41. The van der Waals surface area contributed by atoms with E-state index >= 15 is 0 Å². The summed E-state index contributed by atoms with van der Waals surface area (Å²) in [5.41, 5.74) is 0.410. The molecule has 0 radical (unpaired) electrons. The van der Waals surface area contributed by atoms with Gasteiger partial charge in [-0.3, -0.25) is 14.4 Å². The van der Waals surface area contributed by atoms with Gasteiger partial charge in [-0.05, 0) is 75.0 Å². The normalized spacial score (nSPS) is 33.4. The lowest BCUT2D eigenvalue weighted by Gasteiger charge is -2.37. The van der Waals surface area contributed by atoms with E-state index in [9.17, 15) is 14.4 Å². The van der Waals surface area contributed by atoms with Gasteiger partial charge in [0.15, 0.2) is 0 Å². The third kappa shape index (κ3) is 5.72. The fraction of sp³-hybridized carbons (Fsp3) is 0.593. The quantitative estimate of drug-likeness (QED) is 0.558. The van der Waals surface area contributed by atoms with Crippen LogP contribution in [0, 0.1) is 29.1 Å². The molecular formula is C27H35ClN2O4. The van der Waals surface area contributed by atoms with E-state index in [0.717, 1.165) is 37.3 Å². The van der Waals surface area contributed by atoms with Gasteiger partial charge in [0.1, 0.15) is 17.8 Å². The van der Waals surface area contributed by atoms with Crippen molar-refractivity contribution in [2.45, 2.75) is 58.4 Å². The molecular weight excluding hydrogens is 452 g/mol. The lowest BCUT2D eigenvalue weighted by molar-refractivity contribution is -0.124. The topological polar surface area (TPSA) is 88.4 Å². The Morgan fingerprint density at radius 3 is 2.74 bits per heavy atom. The summed E-state index contributed by atoms with van der Waals surface area (Å²) in [6, 6.07) is 1.56. The van der Waals surface area contributed by atoms with Gasteiger partial charge >= 0.3 is 0 Å². The number of allylic oxidation sites excluding steroid dienone is 4. The molecule has 1 amide bonds. The molecule has 6 nitrogen and oxygen atoms in total. The number of Topliss-reactive ketones (excluding diaryl/α,β-unsaturated/α-hetero) is 2. The highest BCUT2D eigenvalue weighted by Crippen LogP contribution is 2.44. The van der Waals surface area contributed by atoms with E-state index in [1.54, 1.807) is 13.0 Å². The molecule has 7 heteroatoms. The summed E-state index contributed by atoms with van der Waals surface area (Å²) in [7, 11) is 0. The number of hydrogen-bond donors (Lipinski definition) is 2. The minimum atomic E-state index is -0.180. The number of ketones is 2. The fourth-order valence-corrected chi connectivity index (χ4v) is 6.16. The van der Waals surface area contributed by atoms with Crippen molar-refractivity contribution < 1.29 is 18.8 Å². The molecule has 2 heterocycles. The van der Waals surface area contributed by atoms with E-state index in [0.29, 0.717) is 30.7 Å². The summed E-state index contributed by atoms with van der Waals surface area (Å²) >= 11 is 6.13. The summed E-state index contributed by atoms with van der Waals surface area (Å²) < 4.78 is 5.01. The van der Waals surface area contributed by atoms with Crippen LogP contribution in [0.25, 0.3) is 0 Å². The van der Waals surface area contributed by atoms with Crippen molar-refractivity contribution in [2.24, 2.45) is 29.1 Å². The molecule has 3 aliphatic rings. The van der Waals surface area contributed by atoms with Crippen LogP contribution in [-0.4, -0.2) is 36.6 Å². The number of carbonyl (C=O) groups is 3. The monoisotopic (exact) mass is 486 g/mol. The molecule has 1 saturated heterocycles. The molecule has 4 rings (SSSR count). The number of nitrogens with one attached hydrogen (secondary N) is 2. The third-order valence-electron chi connectivity index (χ3n) is 8.13. The van der Waals surface area contributed by atoms with Crippen molar-refractivity contribution >= 4 is 29.1 Å². The molecule has 1 saturated carbocycles. The summed E-state index contributed by atoms with van der Waals surface area (Å²) in [6.07, 6.45) is 13.4. The Morgan fingerprint density at radius 2 is 2.06 bits per heavy atom. The van der Waals surface area contributed by atoms with Gasteiger partial charge in [0.25, 0.3) is 5.91 Å². The van der Waals surface area contributed by atoms with E-state index in [1.807, 2.05) is 12.2 Å². The van der Waals surface area contributed by atoms with Gasteiger partial charge in [-0.2, -0.15) is 0 Å². The van der Waals surface area contributed by atoms with Crippen LogP contribution in [0.2, 0.25) is 0 Å². The Balaban J connectivity index is 1.35. The lowest BCUT2D eigenvalue weighted by atomic mass is 9.67. The molecule has 34 heavy (non-hydrogen) atoms. The number of rotatable bonds is 8. The molecule has 2 aliphatic carbocycles. The zero-order valence-electron chi connectivity index (χ0n) is 20.0. The first kappa shape index (κ1) is 24.9. The zero-order chi connectivity index (χ0) is 24.3. The second-order valence-corrected chi connectivity index (χ2v) is 11.0. The van der Waals surface area contributed by atoms with Gasteiger partial charge in [-0.15, -0.1) is 0 Å². The van der Waals surface area contributed by atoms with Gasteiger partial charge in [0, 0.05) is 35.9 Å². The second kappa shape index (κ2) is 10.6. The highest BCUT2D eigenvalue weighted by Gasteiger charge is 2.43. The van der Waals surface area contributed by atoms with Crippen LogP contribution in [0.5, 0.6) is 0 Å². The van der Waals surface area contributed by atoms with Crippen LogP contribution in [0.1, 0.15) is 62.7 Å². The molecule has 0 bridgehead atoms. The van der Waals surface area contributed by atoms with E-state index in [-0.39, 0.29) is 46.8 Å². The first-order valence-electron chi connectivity index (χ1n) is 12.4. The van der Waals surface area contributed by atoms with Gasteiger partial charge in [-0.25, -0.2) is 0 Å². The first-order chi connectivity index (χ1) is 16.2. The predicted octanol–water partition coefficient (Wildman–Crippen LogP) is 4.66. The van der Waals surface area contributed by atoms with Crippen LogP contribution in [-0.2, 0) is 9.59 Å². The average Bonchev–Trinajstić information content (AvgIpc) is 3.52. The summed E-state index contributed by atoms with van der Waals surface area (Å²) in [5.74, 6) is 0.671. The van der Waals surface area contributed by atoms with Crippen molar-refractivity contribution in [3.05, 3.63) is 47.4 Å². The van der Waals surface area contributed by atoms with Crippen molar-refractivity contribution in [2.75, 3.05) is 13.1 Å². The summed E-state index contributed by atoms with van der Waals surface area (Å²) in [4.78, 5) is 38.0. The van der Waals surface area contributed by atoms with E-state index in [4.69, 9.17) is 16.0 Å².